The maximum atomic E-state index is 6.00. The van der Waals surface area contributed by atoms with Crippen molar-refractivity contribution in [2.45, 2.75) is 26.2 Å². The van der Waals surface area contributed by atoms with Crippen molar-refractivity contribution in [3.8, 4) is 11.4 Å². The number of hydrogen-bond acceptors (Lipinski definition) is 3. The standard InChI is InChI=1S/C15H15BrClN3/c1-2-18-14-11-4-3-5-13(11)19-15(20-14)10-7-6-9(17)8-12(10)16/h6-8H,2-5H2,1H3,(H,18,19,20). The number of nitrogens with one attached hydrogen (secondary N) is 1. The van der Waals surface area contributed by atoms with E-state index in [9.17, 15) is 0 Å². The number of aromatic nitrogens is 2. The topological polar surface area (TPSA) is 37.8 Å². The summed E-state index contributed by atoms with van der Waals surface area (Å²) in [6, 6.07) is 5.70. The molecule has 0 fully saturated rings. The highest BCUT2D eigenvalue weighted by atomic mass is 79.9. The van der Waals surface area contributed by atoms with Gasteiger partial charge in [-0.2, -0.15) is 0 Å². The molecule has 2 aromatic rings. The molecule has 0 radical (unpaired) electrons. The molecule has 20 heavy (non-hydrogen) atoms. The van der Waals surface area contributed by atoms with Crippen molar-refractivity contribution in [1.29, 1.82) is 0 Å². The van der Waals surface area contributed by atoms with Gasteiger partial charge in [0, 0.05) is 32.9 Å². The predicted molar refractivity (Wildman–Crippen MR) is 86.4 cm³/mol. The van der Waals surface area contributed by atoms with Gasteiger partial charge in [-0.3, -0.25) is 0 Å². The van der Waals surface area contributed by atoms with Crippen LogP contribution in [0.2, 0.25) is 5.02 Å². The number of benzene rings is 1. The highest BCUT2D eigenvalue weighted by Gasteiger charge is 2.20. The maximum absolute atomic E-state index is 6.00. The van der Waals surface area contributed by atoms with Crippen LogP contribution in [0.15, 0.2) is 22.7 Å². The van der Waals surface area contributed by atoms with Crippen LogP contribution in [-0.2, 0) is 12.8 Å². The number of halogens is 2. The van der Waals surface area contributed by atoms with Gasteiger partial charge in [0.05, 0.1) is 0 Å². The number of aryl methyl sites for hydroxylation is 1. The average molecular weight is 353 g/mol. The van der Waals surface area contributed by atoms with Gasteiger partial charge in [0.1, 0.15) is 5.82 Å². The third-order valence-electron chi connectivity index (χ3n) is 3.45. The summed E-state index contributed by atoms with van der Waals surface area (Å²) in [7, 11) is 0. The molecule has 1 heterocycles. The van der Waals surface area contributed by atoms with Crippen molar-refractivity contribution in [2.75, 3.05) is 11.9 Å². The molecule has 1 N–H and O–H groups in total. The Hall–Kier alpha value is -1.13. The SMILES string of the molecule is CCNc1nc(-c2ccc(Cl)cc2Br)nc2c1CCC2. The zero-order valence-corrected chi connectivity index (χ0v) is 13.6. The van der Waals surface area contributed by atoms with E-state index in [1.807, 2.05) is 18.2 Å². The number of nitrogens with zero attached hydrogens (tertiary/aromatic N) is 2. The zero-order valence-electron chi connectivity index (χ0n) is 11.2. The molecule has 0 saturated carbocycles. The first-order chi connectivity index (χ1) is 9.69. The predicted octanol–water partition coefficient (Wildman–Crippen LogP) is 4.48. The summed E-state index contributed by atoms with van der Waals surface area (Å²) in [5.41, 5.74) is 3.43. The molecule has 104 valence electrons. The summed E-state index contributed by atoms with van der Waals surface area (Å²) in [4.78, 5) is 9.43. The van der Waals surface area contributed by atoms with Gasteiger partial charge >= 0.3 is 0 Å². The molecule has 0 unspecified atom stereocenters. The van der Waals surface area contributed by atoms with Crippen molar-refractivity contribution in [2.24, 2.45) is 0 Å². The minimum Gasteiger partial charge on any atom is -0.370 e. The second-order valence-electron chi connectivity index (χ2n) is 4.83. The first kappa shape index (κ1) is 13.8. The van der Waals surface area contributed by atoms with E-state index in [1.54, 1.807) is 0 Å². The zero-order chi connectivity index (χ0) is 14.1. The van der Waals surface area contributed by atoms with Gasteiger partial charge in [-0.05, 0) is 60.3 Å². The Balaban J connectivity index is 2.12. The normalized spacial score (nSPS) is 13.3. The Bertz CT molecular complexity index is 658. The lowest BCUT2D eigenvalue weighted by Crippen LogP contribution is -2.06. The summed E-state index contributed by atoms with van der Waals surface area (Å²) in [6.45, 7) is 2.95. The van der Waals surface area contributed by atoms with E-state index < -0.39 is 0 Å². The van der Waals surface area contributed by atoms with Gasteiger partial charge in [0.25, 0.3) is 0 Å². The van der Waals surface area contributed by atoms with Crippen LogP contribution < -0.4 is 5.32 Å². The minimum atomic E-state index is 0.702. The molecule has 5 heteroatoms. The van der Waals surface area contributed by atoms with Gasteiger partial charge in [0.15, 0.2) is 5.82 Å². The van der Waals surface area contributed by atoms with E-state index >= 15 is 0 Å². The first-order valence-corrected chi connectivity index (χ1v) is 7.95. The van der Waals surface area contributed by atoms with Crippen LogP contribution in [0.3, 0.4) is 0 Å². The van der Waals surface area contributed by atoms with Crippen LogP contribution in [0.1, 0.15) is 24.6 Å². The van der Waals surface area contributed by atoms with E-state index in [0.29, 0.717) is 5.02 Å². The van der Waals surface area contributed by atoms with E-state index in [4.69, 9.17) is 21.6 Å². The van der Waals surface area contributed by atoms with E-state index in [0.717, 1.165) is 47.5 Å². The van der Waals surface area contributed by atoms with E-state index in [1.165, 1.54) is 11.3 Å². The Kier molecular flexibility index (Phi) is 3.94. The van der Waals surface area contributed by atoms with Crippen molar-refractivity contribution >= 4 is 33.3 Å². The van der Waals surface area contributed by atoms with Gasteiger partial charge in [-0.15, -0.1) is 0 Å². The quantitative estimate of drug-likeness (QED) is 0.885. The second kappa shape index (κ2) is 5.70. The molecule has 0 aliphatic heterocycles. The number of rotatable bonds is 3. The molecule has 0 saturated heterocycles. The smallest absolute Gasteiger partial charge is 0.162 e. The van der Waals surface area contributed by atoms with Crippen LogP contribution in [0.5, 0.6) is 0 Å². The Morgan fingerprint density at radius 1 is 1.30 bits per heavy atom. The number of hydrogen-bond donors (Lipinski definition) is 1. The molecule has 0 amide bonds. The summed E-state index contributed by atoms with van der Waals surface area (Å²) >= 11 is 9.54. The molecule has 1 aromatic carbocycles. The minimum absolute atomic E-state index is 0.702. The lowest BCUT2D eigenvalue weighted by molar-refractivity contribution is 0.900. The largest absolute Gasteiger partial charge is 0.370 e. The van der Waals surface area contributed by atoms with Crippen LogP contribution in [0.4, 0.5) is 5.82 Å². The monoisotopic (exact) mass is 351 g/mol. The average Bonchev–Trinajstić information content (AvgIpc) is 2.87. The van der Waals surface area contributed by atoms with Gasteiger partial charge in [0.2, 0.25) is 0 Å². The molecule has 0 spiro atoms. The fourth-order valence-corrected chi connectivity index (χ4v) is 3.40. The molecule has 0 atom stereocenters. The first-order valence-electron chi connectivity index (χ1n) is 6.78. The van der Waals surface area contributed by atoms with Crippen LogP contribution >= 0.6 is 27.5 Å². The lowest BCUT2D eigenvalue weighted by Gasteiger charge is -2.12. The number of anilines is 1. The summed E-state index contributed by atoms with van der Waals surface area (Å²) < 4.78 is 0.922. The van der Waals surface area contributed by atoms with Gasteiger partial charge in [-0.1, -0.05) is 11.6 Å². The Morgan fingerprint density at radius 2 is 2.15 bits per heavy atom. The molecule has 0 bridgehead atoms. The van der Waals surface area contributed by atoms with Gasteiger partial charge in [-0.25, -0.2) is 9.97 Å². The number of fused-ring (bicyclic) bond motifs is 1. The Morgan fingerprint density at radius 3 is 2.90 bits per heavy atom. The highest BCUT2D eigenvalue weighted by molar-refractivity contribution is 9.10. The van der Waals surface area contributed by atoms with E-state index in [2.05, 4.69) is 28.2 Å². The fraction of sp³-hybridized carbons (Fsp3) is 0.333. The Labute approximate surface area is 131 Å². The van der Waals surface area contributed by atoms with Crippen molar-refractivity contribution in [3.63, 3.8) is 0 Å². The van der Waals surface area contributed by atoms with Crippen molar-refractivity contribution in [3.05, 3.63) is 39.0 Å². The lowest BCUT2D eigenvalue weighted by atomic mass is 10.2. The van der Waals surface area contributed by atoms with Crippen LogP contribution in [0, 0.1) is 0 Å². The highest BCUT2D eigenvalue weighted by Crippen LogP contribution is 2.33. The third kappa shape index (κ3) is 2.54. The van der Waals surface area contributed by atoms with Crippen molar-refractivity contribution < 1.29 is 0 Å². The fourth-order valence-electron chi connectivity index (χ4n) is 2.54. The molecule has 1 aromatic heterocycles. The molecular weight excluding hydrogens is 338 g/mol. The molecule has 1 aliphatic rings. The summed E-state index contributed by atoms with van der Waals surface area (Å²) in [6.07, 6.45) is 3.27. The molecular formula is C15H15BrClN3. The maximum Gasteiger partial charge on any atom is 0.162 e. The molecule has 1 aliphatic carbocycles. The molecule has 3 nitrogen and oxygen atoms in total. The summed E-state index contributed by atoms with van der Waals surface area (Å²) in [5, 5.41) is 4.06. The molecule has 3 rings (SSSR count). The van der Waals surface area contributed by atoms with Crippen molar-refractivity contribution in [1.82, 2.24) is 9.97 Å². The third-order valence-corrected chi connectivity index (χ3v) is 4.34. The van der Waals surface area contributed by atoms with Crippen LogP contribution in [-0.4, -0.2) is 16.5 Å². The second-order valence-corrected chi connectivity index (χ2v) is 6.12. The van der Waals surface area contributed by atoms with E-state index in [-0.39, 0.29) is 0 Å². The summed E-state index contributed by atoms with van der Waals surface area (Å²) in [5.74, 6) is 1.73. The van der Waals surface area contributed by atoms with Crippen LogP contribution in [0.25, 0.3) is 11.4 Å². The van der Waals surface area contributed by atoms with Gasteiger partial charge < -0.3 is 5.32 Å².